The molecule has 2 saturated heterocycles. The van der Waals surface area contributed by atoms with Crippen molar-refractivity contribution in [3.63, 3.8) is 0 Å². The maximum absolute atomic E-state index is 14.0. The van der Waals surface area contributed by atoms with Crippen LogP contribution in [0.5, 0.6) is 5.75 Å². The van der Waals surface area contributed by atoms with Gasteiger partial charge in [-0.1, -0.05) is 12.1 Å². The van der Waals surface area contributed by atoms with Gasteiger partial charge in [-0.05, 0) is 6.07 Å². The van der Waals surface area contributed by atoms with Crippen molar-refractivity contribution in [2.75, 3.05) is 14.2 Å². The van der Waals surface area contributed by atoms with Crippen molar-refractivity contribution in [1.82, 2.24) is 20.2 Å². The van der Waals surface area contributed by atoms with E-state index in [1.54, 1.807) is 0 Å². The fraction of sp³-hybridized carbons (Fsp3) is 0.368. The van der Waals surface area contributed by atoms with Gasteiger partial charge >= 0.3 is 5.97 Å². The van der Waals surface area contributed by atoms with E-state index in [2.05, 4.69) is 15.3 Å². The summed E-state index contributed by atoms with van der Waals surface area (Å²) in [5.41, 5.74) is -0.972. The highest BCUT2D eigenvalue weighted by molar-refractivity contribution is 6.09. The van der Waals surface area contributed by atoms with Crippen molar-refractivity contribution < 1.29 is 28.6 Å². The number of imidazole rings is 1. The number of amides is 2. The summed E-state index contributed by atoms with van der Waals surface area (Å²) in [4.78, 5) is 46.6. The van der Waals surface area contributed by atoms with E-state index >= 15 is 0 Å². The predicted octanol–water partition coefficient (Wildman–Crippen LogP) is 0.284. The molecule has 0 spiro atoms. The molecule has 1 aromatic heterocycles. The number of rotatable bonds is 4. The molecule has 9 nitrogen and oxygen atoms in total. The van der Waals surface area contributed by atoms with Crippen LogP contribution in [0.2, 0.25) is 0 Å². The van der Waals surface area contributed by atoms with Crippen LogP contribution in [0.1, 0.15) is 17.3 Å². The van der Waals surface area contributed by atoms with Crippen molar-refractivity contribution in [2.24, 2.45) is 11.8 Å². The normalized spacial score (nSPS) is 28.7. The number of aromatic nitrogens is 2. The molecule has 29 heavy (non-hydrogen) atoms. The summed E-state index contributed by atoms with van der Waals surface area (Å²) < 4.78 is 19.0. The molecule has 0 saturated carbocycles. The average Bonchev–Trinajstić information content (AvgIpc) is 3.39. The molecular weight excluding hydrogens is 383 g/mol. The summed E-state index contributed by atoms with van der Waals surface area (Å²) in [6, 6.07) is 2.95. The molecular formula is C19H19FN4O5. The quantitative estimate of drug-likeness (QED) is 0.496. The number of carbonyl (C=O) groups excluding carboxylic acids is 3. The number of phenols is 1. The number of methoxy groups -OCH3 is 1. The first kappa shape index (κ1) is 19.1. The van der Waals surface area contributed by atoms with E-state index in [4.69, 9.17) is 4.74 Å². The second-order valence-electron chi connectivity index (χ2n) is 7.26. The number of nitrogens with zero attached hydrogens (tertiary/aromatic N) is 2. The molecule has 4 rings (SSSR count). The summed E-state index contributed by atoms with van der Waals surface area (Å²) in [6.07, 6.45) is 2.91. The summed E-state index contributed by atoms with van der Waals surface area (Å²) >= 11 is 0. The van der Waals surface area contributed by atoms with Crippen LogP contribution < -0.4 is 5.32 Å². The highest BCUT2D eigenvalue weighted by atomic mass is 19.1. The molecule has 10 heteroatoms. The number of halogens is 1. The van der Waals surface area contributed by atoms with Crippen LogP contribution in [0, 0.1) is 17.7 Å². The highest BCUT2D eigenvalue weighted by Crippen LogP contribution is 2.51. The second kappa shape index (κ2) is 6.66. The standard InChI is InChI=1S/C19H19FN4O5/c1-24-16(26)12-13(17(24)27)19(18(28)29-2,6-9-7-21-8-22-9)23-14(12)10-4-3-5-11(20)15(10)25/h3-5,7-8,12-14,23,25H,6H2,1-2H3,(H,21,22)/t12-,13-,14-,19-/m0/s1. The fourth-order valence-electron chi connectivity index (χ4n) is 4.48. The Morgan fingerprint density at radius 3 is 2.79 bits per heavy atom. The lowest BCUT2D eigenvalue weighted by molar-refractivity contribution is -0.153. The smallest absolute Gasteiger partial charge is 0.327 e. The number of carbonyl (C=O) groups is 3. The van der Waals surface area contributed by atoms with Crippen LogP contribution in [0.4, 0.5) is 4.39 Å². The third kappa shape index (κ3) is 2.63. The second-order valence-corrected chi connectivity index (χ2v) is 7.26. The number of fused-ring (bicyclic) bond motifs is 1. The minimum absolute atomic E-state index is 0.0136. The third-order valence-electron chi connectivity index (χ3n) is 5.80. The van der Waals surface area contributed by atoms with Gasteiger partial charge in [0.1, 0.15) is 5.54 Å². The maximum atomic E-state index is 14.0. The van der Waals surface area contributed by atoms with Gasteiger partial charge in [0.05, 0.1) is 25.3 Å². The minimum atomic E-state index is -1.60. The molecule has 4 atom stereocenters. The molecule has 2 aromatic rings. The molecule has 0 bridgehead atoms. The van der Waals surface area contributed by atoms with Crippen molar-refractivity contribution >= 4 is 17.8 Å². The molecule has 3 heterocycles. The molecule has 2 fully saturated rings. The molecule has 0 unspecified atom stereocenters. The van der Waals surface area contributed by atoms with E-state index in [1.807, 2.05) is 0 Å². The number of ether oxygens (including phenoxy) is 1. The molecule has 3 N–H and O–H groups in total. The molecule has 2 aliphatic rings. The Balaban J connectivity index is 1.90. The number of hydrogen-bond acceptors (Lipinski definition) is 7. The van der Waals surface area contributed by atoms with E-state index in [1.165, 1.54) is 38.8 Å². The van der Waals surface area contributed by atoms with Crippen LogP contribution in [-0.4, -0.2) is 57.5 Å². The van der Waals surface area contributed by atoms with E-state index in [0.717, 1.165) is 11.0 Å². The van der Waals surface area contributed by atoms with Gasteiger partial charge in [-0.25, -0.2) is 9.37 Å². The van der Waals surface area contributed by atoms with E-state index in [0.29, 0.717) is 5.69 Å². The Morgan fingerprint density at radius 1 is 1.38 bits per heavy atom. The maximum Gasteiger partial charge on any atom is 0.327 e. The van der Waals surface area contributed by atoms with Crippen LogP contribution >= 0.6 is 0 Å². The topological polar surface area (TPSA) is 125 Å². The van der Waals surface area contributed by atoms with Crippen LogP contribution in [0.25, 0.3) is 0 Å². The van der Waals surface area contributed by atoms with Gasteiger partial charge in [0.2, 0.25) is 11.8 Å². The molecule has 2 aliphatic heterocycles. The van der Waals surface area contributed by atoms with Gasteiger partial charge in [-0.3, -0.25) is 24.6 Å². The zero-order chi connectivity index (χ0) is 20.9. The number of hydrogen-bond donors (Lipinski definition) is 3. The van der Waals surface area contributed by atoms with Crippen LogP contribution in [0.3, 0.4) is 0 Å². The van der Waals surface area contributed by atoms with Gasteiger partial charge in [0, 0.05) is 37.0 Å². The Kier molecular flexibility index (Phi) is 4.38. The summed E-state index contributed by atoms with van der Waals surface area (Å²) in [7, 11) is 2.52. The monoisotopic (exact) mass is 402 g/mol. The van der Waals surface area contributed by atoms with Gasteiger partial charge in [0.15, 0.2) is 11.6 Å². The number of likely N-dealkylation sites (tertiary alicyclic amines) is 1. The number of para-hydroxylation sites is 1. The van der Waals surface area contributed by atoms with Crippen LogP contribution in [-0.2, 0) is 25.5 Å². The Bertz CT molecular complexity index is 994. The van der Waals surface area contributed by atoms with Gasteiger partial charge in [-0.15, -0.1) is 0 Å². The third-order valence-corrected chi connectivity index (χ3v) is 5.80. The zero-order valence-electron chi connectivity index (χ0n) is 15.7. The van der Waals surface area contributed by atoms with E-state index in [-0.39, 0.29) is 12.0 Å². The Labute approximate surface area is 164 Å². The van der Waals surface area contributed by atoms with Gasteiger partial charge < -0.3 is 14.8 Å². The first-order valence-corrected chi connectivity index (χ1v) is 8.94. The summed E-state index contributed by atoms with van der Waals surface area (Å²) in [6.45, 7) is 0. The van der Waals surface area contributed by atoms with Crippen molar-refractivity contribution in [3.8, 4) is 5.75 Å². The van der Waals surface area contributed by atoms with Crippen molar-refractivity contribution in [2.45, 2.75) is 18.0 Å². The van der Waals surface area contributed by atoms with Gasteiger partial charge in [0.25, 0.3) is 0 Å². The van der Waals surface area contributed by atoms with E-state index in [9.17, 15) is 23.9 Å². The lowest BCUT2D eigenvalue weighted by atomic mass is 9.77. The number of esters is 1. The summed E-state index contributed by atoms with van der Waals surface area (Å²) in [5.74, 6) is -5.41. The number of imide groups is 1. The average molecular weight is 402 g/mol. The SMILES string of the molecule is COC(=O)[C@@]1(Cc2cnc[nH]2)N[C@@H](c2cccc(F)c2O)[C@H]2C(=O)N(C)C(=O)[C@H]21. The zero-order valence-corrected chi connectivity index (χ0v) is 15.7. The van der Waals surface area contributed by atoms with Crippen molar-refractivity contribution in [1.29, 1.82) is 0 Å². The number of H-pyrrole nitrogens is 1. The fourth-order valence-corrected chi connectivity index (χ4v) is 4.48. The van der Waals surface area contributed by atoms with Crippen LogP contribution in [0.15, 0.2) is 30.7 Å². The Morgan fingerprint density at radius 2 is 2.14 bits per heavy atom. The lowest BCUT2D eigenvalue weighted by Gasteiger charge is -2.31. The lowest BCUT2D eigenvalue weighted by Crippen LogP contribution is -2.57. The number of nitrogens with one attached hydrogen (secondary N) is 2. The number of phenolic OH excluding ortho intramolecular Hbond substituents is 1. The number of benzene rings is 1. The minimum Gasteiger partial charge on any atom is -0.505 e. The Hall–Kier alpha value is -3.27. The molecule has 0 aliphatic carbocycles. The molecule has 2 amide bonds. The highest BCUT2D eigenvalue weighted by Gasteiger charge is 2.68. The van der Waals surface area contributed by atoms with E-state index < -0.39 is 52.8 Å². The first-order valence-electron chi connectivity index (χ1n) is 8.94. The number of aromatic amines is 1. The largest absolute Gasteiger partial charge is 0.505 e. The molecule has 1 aromatic carbocycles. The molecule has 0 radical (unpaired) electrons. The van der Waals surface area contributed by atoms with Crippen molar-refractivity contribution in [3.05, 3.63) is 47.8 Å². The first-order chi connectivity index (χ1) is 13.8. The van der Waals surface area contributed by atoms with Gasteiger partial charge in [-0.2, -0.15) is 0 Å². The molecule has 152 valence electrons. The predicted molar refractivity (Wildman–Crippen MR) is 95.7 cm³/mol. The number of aromatic hydroxyl groups is 1. The summed E-state index contributed by atoms with van der Waals surface area (Å²) in [5, 5.41) is 13.3.